The summed E-state index contributed by atoms with van der Waals surface area (Å²) in [7, 11) is 0. The molecule has 0 fully saturated rings. The summed E-state index contributed by atoms with van der Waals surface area (Å²) in [5.74, 6) is 2.32. The lowest BCUT2D eigenvalue weighted by Crippen LogP contribution is -2.30. The molecule has 1 aliphatic heterocycles. The highest BCUT2D eigenvalue weighted by Crippen LogP contribution is 2.48. The highest BCUT2D eigenvalue weighted by atomic mass is 16.5. The number of imidazole rings is 1. The largest absolute Gasteiger partial charge is 0.458 e. The first-order valence-electron chi connectivity index (χ1n) is 21.8. The number of benzene rings is 8. The van der Waals surface area contributed by atoms with Crippen LogP contribution in [0.4, 0.5) is 0 Å². The first-order chi connectivity index (χ1) is 31.4. The topological polar surface area (TPSA) is 49.0 Å². The lowest BCUT2D eigenvalue weighted by molar-refractivity contribution is -0.571. The standard InChI is InChI=1S/C58H40N4O2/c1-58(2,3)36-29-30-59-54(31-36)62-49-25-12-9-21-44(49)45-28-27-39(33-50(45)62)63-38-16-14-15-37(32-38)60-35-61-48-24-11-8-20-43(48)41-18-5-4-17-40(41)42-19-6-7-22-46(42)56-55-47-23-10-13-26-52(47)64-53(55)34-51(60)57(56)61/h4-34H,1-3H3. The third kappa shape index (κ3) is 5.45. The minimum Gasteiger partial charge on any atom is -0.458 e. The van der Waals surface area contributed by atoms with Crippen molar-refractivity contribution in [3.63, 3.8) is 0 Å². The van der Waals surface area contributed by atoms with Crippen LogP contribution in [-0.4, -0.2) is 14.1 Å². The van der Waals surface area contributed by atoms with Crippen molar-refractivity contribution < 1.29 is 13.7 Å². The molecule has 13 rings (SSSR count). The highest BCUT2D eigenvalue weighted by Gasteiger charge is 2.28. The lowest BCUT2D eigenvalue weighted by Gasteiger charge is -2.20. The minimum absolute atomic E-state index is 0.0219. The van der Waals surface area contributed by atoms with Gasteiger partial charge in [0, 0.05) is 39.4 Å². The van der Waals surface area contributed by atoms with Crippen LogP contribution in [0.2, 0.25) is 0 Å². The van der Waals surface area contributed by atoms with E-state index in [1.165, 1.54) is 16.5 Å². The molecule has 0 atom stereocenters. The molecule has 0 bridgehead atoms. The van der Waals surface area contributed by atoms with Gasteiger partial charge in [-0.25, -0.2) is 4.98 Å². The van der Waals surface area contributed by atoms with Gasteiger partial charge in [0.2, 0.25) is 0 Å². The molecule has 8 aromatic carbocycles. The van der Waals surface area contributed by atoms with E-state index in [4.69, 9.17) is 14.1 Å². The van der Waals surface area contributed by atoms with Crippen molar-refractivity contribution in [3.05, 3.63) is 200 Å². The van der Waals surface area contributed by atoms with Gasteiger partial charge >= 0.3 is 0 Å². The van der Waals surface area contributed by atoms with Crippen LogP contribution in [0.1, 0.15) is 26.3 Å². The van der Waals surface area contributed by atoms with Gasteiger partial charge in [0.25, 0.3) is 6.33 Å². The van der Waals surface area contributed by atoms with E-state index in [1.807, 2.05) is 18.3 Å². The summed E-state index contributed by atoms with van der Waals surface area (Å²) in [6.45, 7) is 6.70. The average molecular weight is 825 g/mol. The number of rotatable bonds is 4. The molecular formula is C58H40N4O2. The molecule has 304 valence electrons. The number of fused-ring (bicyclic) bond motifs is 14. The summed E-state index contributed by atoms with van der Waals surface area (Å²) >= 11 is 0. The van der Waals surface area contributed by atoms with Crippen molar-refractivity contribution in [3.8, 4) is 62.1 Å². The maximum absolute atomic E-state index is 6.82. The molecule has 64 heavy (non-hydrogen) atoms. The fourth-order valence-corrected chi connectivity index (χ4v) is 9.97. The summed E-state index contributed by atoms with van der Waals surface area (Å²) in [4.78, 5) is 4.89. The van der Waals surface area contributed by atoms with Gasteiger partial charge in [-0.2, -0.15) is 0 Å². The normalized spacial score (nSPS) is 12.3. The molecular weight excluding hydrogens is 785 g/mol. The van der Waals surface area contributed by atoms with E-state index in [0.29, 0.717) is 5.75 Å². The Kier molecular flexibility index (Phi) is 7.76. The van der Waals surface area contributed by atoms with Crippen molar-refractivity contribution >= 4 is 54.8 Å². The smallest absolute Gasteiger partial charge is 0.269 e. The van der Waals surface area contributed by atoms with E-state index in [1.54, 1.807) is 0 Å². The van der Waals surface area contributed by atoms with Crippen LogP contribution in [0.3, 0.4) is 0 Å². The van der Waals surface area contributed by atoms with Crippen LogP contribution in [0.25, 0.3) is 105 Å². The van der Waals surface area contributed by atoms with Gasteiger partial charge in [-0.1, -0.05) is 130 Å². The zero-order valence-electron chi connectivity index (χ0n) is 35.5. The maximum Gasteiger partial charge on any atom is 0.269 e. The monoisotopic (exact) mass is 824 g/mol. The van der Waals surface area contributed by atoms with Crippen molar-refractivity contribution in [1.82, 2.24) is 14.1 Å². The fourth-order valence-electron chi connectivity index (χ4n) is 9.97. The number of hydrogen-bond acceptors (Lipinski definition) is 3. The first-order valence-corrected chi connectivity index (χ1v) is 21.8. The number of furan rings is 1. The molecule has 1 aliphatic rings. The van der Waals surface area contributed by atoms with Gasteiger partial charge in [0.15, 0.2) is 0 Å². The van der Waals surface area contributed by atoms with Crippen molar-refractivity contribution in [2.24, 2.45) is 0 Å². The number of hydrogen-bond donors (Lipinski definition) is 0. The Morgan fingerprint density at radius 3 is 2.05 bits per heavy atom. The number of pyridine rings is 1. The van der Waals surface area contributed by atoms with E-state index < -0.39 is 0 Å². The second-order valence-electron chi connectivity index (χ2n) is 17.8. The molecule has 0 aliphatic carbocycles. The van der Waals surface area contributed by atoms with Crippen LogP contribution >= 0.6 is 0 Å². The second kappa shape index (κ2) is 13.6. The van der Waals surface area contributed by atoms with E-state index in [0.717, 1.165) is 100 Å². The van der Waals surface area contributed by atoms with Gasteiger partial charge in [0.05, 0.1) is 33.4 Å². The van der Waals surface area contributed by atoms with Crippen LogP contribution in [0, 0.1) is 6.33 Å². The zero-order valence-corrected chi connectivity index (χ0v) is 35.5. The molecule has 0 saturated carbocycles. The Hall–Kier alpha value is -8.22. The van der Waals surface area contributed by atoms with Gasteiger partial charge in [0.1, 0.15) is 28.5 Å². The van der Waals surface area contributed by atoms with Crippen LogP contribution < -0.4 is 9.30 Å². The van der Waals surface area contributed by atoms with E-state index >= 15 is 0 Å². The van der Waals surface area contributed by atoms with E-state index in [9.17, 15) is 0 Å². The fraction of sp³-hybridized carbons (Fsp3) is 0.0690. The summed E-state index contributed by atoms with van der Waals surface area (Å²) in [5.41, 5.74) is 15.8. The van der Waals surface area contributed by atoms with Crippen molar-refractivity contribution in [1.29, 1.82) is 0 Å². The summed E-state index contributed by atoms with van der Waals surface area (Å²) in [5, 5.41) is 4.47. The molecule has 5 heterocycles. The van der Waals surface area contributed by atoms with Gasteiger partial charge < -0.3 is 9.15 Å². The molecule has 0 radical (unpaired) electrons. The van der Waals surface area contributed by atoms with Gasteiger partial charge in [-0.3, -0.25) is 13.7 Å². The van der Waals surface area contributed by atoms with Crippen molar-refractivity contribution in [2.75, 3.05) is 0 Å². The predicted octanol–water partition coefficient (Wildman–Crippen LogP) is 14.5. The Bertz CT molecular complexity index is 3880. The number of aromatic nitrogens is 4. The van der Waals surface area contributed by atoms with E-state index in [2.05, 4.69) is 211 Å². The Morgan fingerprint density at radius 1 is 0.547 bits per heavy atom. The molecule has 0 amide bonds. The predicted molar refractivity (Wildman–Crippen MR) is 258 cm³/mol. The molecule has 0 saturated heterocycles. The zero-order chi connectivity index (χ0) is 42.7. The van der Waals surface area contributed by atoms with Crippen LogP contribution in [0.15, 0.2) is 193 Å². The lowest BCUT2D eigenvalue weighted by atomic mass is 9.88. The average Bonchev–Trinajstić information content (AvgIpc) is 4.00. The summed E-state index contributed by atoms with van der Waals surface area (Å²) in [6.07, 6.45) is 5.79. The Labute approximate surface area is 369 Å². The molecule has 0 N–H and O–H groups in total. The summed E-state index contributed by atoms with van der Waals surface area (Å²) < 4.78 is 20.2. The number of para-hydroxylation sites is 3. The highest BCUT2D eigenvalue weighted by molar-refractivity contribution is 6.20. The maximum atomic E-state index is 6.82. The second-order valence-corrected chi connectivity index (χ2v) is 17.8. The van der Waals surface area contributed by atoms with Crippen LogP contribution in [-0.2, 0) is 5.41 Å². The summed E-state index contributed by atoms with van der Waals surface area (Å²) in [6, 6.07) is 64.2. The quantitative estimate of drug-likeness (QED) is 0.131. The third-order valence-electron chi connectivity index (χ3n) is 12.9. The number of nitrogens with zero attached hydrogens (tertiary/aromatic N) is 4. The molecule has 6 heteroatoms. The molecule has 6 nitrogen and oxygen atoms in total. The molecule has 0 spiro atoms. The minimum atomic E-state index is -0.0219. The van der Waals surface area contributed by atoms with Gasteiger partial charge in [-0.15, -0.1) is 0 Å². The molecule has 0 unspecified atom stereocenters. The molecule has 12 aromatic rings. The Balaban J connectivity index is 1.02. The third-order valence-corrected chi connectivity index (χ3v) is 12.9. The number of ether oxygens (including phenoxy) is 1. The van der Waals surface area contributed by atoms with Gasteiger partial charge in [-0.05, 0) is 106 Å². The SMILES string of the molecule is CC(C)(C)c1ccnc(-n2c3ccccc3c3ccc(Oc4cccc(-n5[c-][n+]6c7c(c8c(cc75)oc5ccccc58)-c5ccccc5-c5ccccc5-c5ccccc5-6)c4)cc32)c1. The van der Waals surface area contributed by atoms with Crippen molar-refractivity contribution in [2.45, 2.75) is 26.2 Å². The Morgan fingerprint density at radius 2 is 1.22 bits per heavy atom. The van der Waals surface area contributed by atoms with E-state index in [-0.39, 0.29) is 5.41 Å². The first kappa shape index (κ1) is 36.4. The van der Waals surface area contributed by atoms with Crippen LogP contribution in [0.5, 0.6) is 11.5 Å². The molecule has 4 aromatic heterocycles.